The number of aryl methyl sites for hydroxylation is 2. The zero-order valence-corrected chi connectivity index (χ0v) is 13.1. The SMILES string of the molecule is Cc1ccc2ccc(C(=O)NCc3ccccc3C)c(O)c2n1. The van der Waals surface area contributed by atoms with Crippen molar-refractivity contribution in [3.8, 4) is 5.75 Å². The van der Waals surface area contributed by atoms with Crippen LogP contribution in [0.15, 0.2) is 48.5 Å². The van der Waals surface area contributed by atoms with Crippen molar-refractivity contribution in [2.45, 2.75) is 20.4 Å². The summed E-state index contributed by atoms with van der Waals surface area (Å²) in [6, 6.07) is 15.1. The second kappa shape index (κ2) is 6.08. The molecule has 0 unspecified atom stereocenters. The number of benzene rings is 2. The van der Waals surface area contributed by atoms with Gasteiger partial charge in [-0.3, -0.25) is 4.79 Å². The van der Waals surface area contributed by atoms with Crippen LogP contribution in [0.4, 0.5) is 0 Å². The zero-order chi connectivity index (χ0) is 16.4. The average molecular weight is 306 g/mol. The number of rotatable bonds is 3. The Labute approximate surface area is 134 Å². The monoisotopic (exact) mass is 306 g/mol. The molecule has 0 saturated carbocycles. The van der Waals surface area contributed by atoms with E-state index in [0.717, 1.165) is 22.2 Å². The molecule has 4 heteroatoms. The van der Waals surface area contributed by atoms with Crippen molar-refractivity contribution in [2.75, 3.05) is 0 Å². The Balaban J connectivity index is 1.86. The van der Waals surface area contributed by atoms with E-state index in [4.69, 9.17) is 0 Å². The molecule has 116 valence electrons. The summed E-state index contributed by atoms with van der Waals surface area (Å²) >= 11 is 0. The molecule has 23 heavy (non-hydrogen) atoms. The third-order valence-electron chi connectivity index (χ3n) is 3.92. The fourth-order valence-corrected chi connectivity index (χ4v) is 2.53. The van der Waals surface area contributed by atoms with Gasteiger partial charge in [-0.15, -0.1) is 0 Å². The number of hydrogen-bond acceptors (Lipinski definition) is 3. The van der Waals surface area contributed by atoms with Gasteiger partial charge in [-0.05, 0) is 37.1 Å². The van der Waals surface area contributed by atoms with E-state index < -0.39 is 0 Å². The van der Waals surface area contributed by atoms with Crippen LogP contribution in [-0.4, -0.2) is 16.0 Å². The lowest BCUT2D eigenvalue weighted by molar-refractivity contribution is 0.0948. The Kier molecular flexibility index (Phi) is 3.98. The number of pyridine rings is 1. The molecule has 0 atom stereocenters. The van der Waals surface area contributed by atoms with Crippen molar-refractivity contribution in [1.29, 1.82) is 0 Å². The summed E-state index contributed by atoms with van der Waals surface area (Å²) in [5, 5.41) is 14.0. The molecule has 0 spiro atoms. The van der Waals surface area contributed by atoms with E-state index in [1.807, 2.05) is 50.2 Å². The topological polar surface area (TPSA) is 62.2 Å². The van der Waals surface area contributed by atoms with Crippen molar-refractivity contribution in [3.63, 3.8) is 0 Å². The lowest BCUT2D eigenvalue weighted by atomic mass is 10.1. The molecule has 0 bridgehead atoms. The molecule has 2 N–H and O–H groups in total. The lowest BCUT2D eigenvalue weighted by Gasteiger charge is -2.10. The van der Waals surface area contributed by atoms with Crippen LogP contribution in [0.2, 0.25) is 0 Å². The minimum absolute atomic E-state index is 0.0755. The number of amides is 1. The molecule has 0 saturated heterocycles. The van der Waals surface area contributed by atoms with Gasteiger partial charge in [0.15, 0.2) is 5.75 Å². The third-order valence-corrected chi connectivity index (χ3v) is 3.92. The normalized spacial score (nSPS) is 10.7. The van der Waals surface area contributed by atoms with Crippen LogP contribution < -0.4 is 5.32 Å². The molecular formula is C19H18N2O2. The molecule has 3 aromatic rings. The van der Waals surface area contributed by atoms with Gasteiger partial charge in [-0.2, -0.15) is 0 Å². The lowest BCUT2D eigenvalue weighted by Crippen LogP contribution is -2.23. The van der Waals surface area contributed by atoms with Crippen molar-refractivity contribution in [3.05, 3.63) is 70.9 Å². The van der Waals surface area contributed by atoms with E-state index in [1.165, 1.54) is 0 Å². The minimum atomic E-state index is -0.309. The van der Waals surface area contributed by atoms with E-state index >= 15 is 0 Å². The predicted molar refractivity (Wildman–Crippen MR) is 90.5 cm³/mol. The summed E-state index contributed by atoms with van der Waals surface area (Å²) in [5.41, 5.74) is 3.66. The number of aromatic hydroxyl groups is 1. The quantitative estimate of drug-likeness (QED) is 0.778. The maximum absolute atomic E-state index is 12.4. The van der Waals surface area contributed by atoms with E-state index in [9.17, 15) is 9.90 Å². The minimum Gasteiger partial charge on any atom is -0.505 e. The van der Waals surface area contributed by atoms with E-state index in [-0.39, 0.29) is 17.2 Å². The van der Waals surface area contributed by atoms with E-state index in [1.54, 1.807) is 12.1 Å². The van der Waals surface area contributed by atoms with Crippen LogP contribution in [0.1, 0.15) is 27.2 Å². The Hall–Kier alpha value is -2.88. The van der Waals surface area contributed by atoms with Crippen molar-refractivity contribution in [1.82, 2.24) is 10.3 Å². The molecule has 0 radical (unpaired) electrons. The van der Waals surface area contributed by atoms with Crippen LogP contribution >= 0.6 is 0 Å². The number of carbonyl (C=O) groups is 1. The molecule has 4 nitrogen and oxygen atoms in total. The number of nitrogens with one attached hydrogen (secondary N) is 1. The van der Waals surface area contributed by atoms with Gasteiger partial charge in [-0.1, -0.05) is 36.4 Å². The van der Waals surface area contributed by atoms with Crippen LogP contribution in [0.5, 0.6) is 5.75 Å². The fraction of sp³-hybridized carbons (Fsp3) is 0.158. The summed E-state index contributed by atoms with van der Waals surface area (Å²) < 4.78 is 0. The third kappa shape index (κ3) is 3.01. The van der Waals surface area contributed by atoms with Gasteiger partial charge < -0.3 is 10.4 Å². The van der Waals surface area contributed by atoms with Gasteiger partial charge in [0.25, 0.3) is 5.91 Å². The number of hydrogen-bond donors (Lipinski definition) is 2. The predicted octanol–water partition coefficient (Wildman–Crippen LogP) is 3.49. The zero-order valence-electron chi connectivity index (χ0n) is 13.1. The molecule has 1 amide bonds. The largest absolute Gasteiger partial charge is 0.505 e. The van der Waals surface area contributed by atoms with E-state index in [0.29, 0.717) is 12.1 Å². The Morgan fingerprint density at radius 1 is 1.09 bits per heavy atom. The summed E-state index contributed by atoms with van der Waals surface area (Å²) in [7, 11) is 0. The van der Waals surface area contributed by atoms with Gasteiger partial charge in [-0.25, -0.2) is 4.98 Å². The first-order valence-electron chi connectivity index (χ1n) is 7.48. The Bertz CT molecular complexity index is 888. The molecule has 1 heterocycles. The summed E-state index contributed by atoms with van der Waals surface area (Å²) in [5.74, 6) is -0.385. The molecular weight excluding hydrogens is 288 g/mol. The highest BCUT2D eigenvalue weighted by Gasteiger charge is 2.14. The van der Waals surface area contributed by atoms with Gasteiger partial charge >= 0.3 is 0 Å². The Morgan fingerprint density at radius 3 is 2.61 bits per heavy atom. The highest BCUT2D eigenvalue weighted by atomic mass is 16.3. The number of carbonyl (C=O) groups excluding carboxylic acids is 1. The van der Waals surface area contributed by atoms with Gasteiger partial charge in [0.1, 0.15) is 5.52 Å². The number of nitrogens with zero attached hydrogens (tertiary/aromatic N) is 1. The first-order chi connectivity index (χ1) is 11.1. The molecule has 2 aromatic carbocycles. The molecule has 0 aliphatic rings. The second-order valence-electron chi connectivity index (χ2n) is 5.60. The number of aromatic nitrogens is 1. The summed E-state index contributed by atoms with van der Waals surface area (Å²) in [6.07, 6.45) is 0. The maximum atomic E-state index is 12.4. The van der Waals surface area contributed by atoms with Crippen molar-refractivity contribution < 1.29 is 9.90 Å². The Morgan fingerprint density at radius 2 is 1.83 bits per heavy atom. The standard InChI is InChI=1S/C19H18N2O2/c1-12-5-3-4-6-15(12)11-20-19(23)16-10-9-14-8-7-13(2)21-17(14)18(16)22/h3-10,22H,11H2,1-2H3,(H,20,23). The number of phenolic OH excluding ortho intramolecular Hbond substituents is 1. The maximum Gasteiger partial charge on any atom is 0.255 e. The molecule has 0 aliphatic carbocycles. The molecule has 0 fully saturated rings. The van der Waals surface area contributed by atoms with Gasteiger partial charge in [0, 0.05) is 17.6 Å². The molecule has 1 aromatic heterocycles. The van der Waals surface area contributed by atoms with Crippen LogP contribution in [-0.2, 0) is 6.54 Å². The van der Waals surface area contributed by atoms with Gasteiger partial charge in [0.2, 0.25) is 0 Å². The summed E-state index contributed by atoms with van der Waals surface area (Å²) in [4.78, 5) is 16.7. The fourth-order valence-electron chi connectivity index (χ4n) is 2.53. The van der Waals surface area contributed by atoms with Crippen molar-refractivity contribution >= 4 is 16.8 Å². The van der Waals surface area contributed by atoms with Gasteiger partial charge in [0.05, 0.1) is 5.56 Å². The molecule has 0 aliphatic heterocycles. The first-order valence-corrected chi connectivity index (χ1v) is 7.48. The average Bonchev–Trinajstić information content (AvgIpc) is 2.55. The van der Waals surface area contributed by atoms with Crippen LogP contribution in [0.3, 0.4) is 0 Å². The summed E-state index contributed by atoms with van der Waals surface area (Å²) in [6.45, 7) is 4.27. The molecule has 3 rings (SSSR count). The number of fused-ring (bicyclic) bond motifs is 1. The number of phenols is 1. The highest BCUT2D eigenvalue weighted by molar-refractivity contribution is 6.02. The smallest absolute Gasteiger partial charge is 0.255 e. The van der Waals surface area contributed by atoms with E-state index in [2.05, 4.69) is 10.3 Å². The second-order valence-corrected chi connectivity index (χ2v) is 5.60. The van der Waals surface area contributed by atoms with Crippen LogP contribution in [0, 0.1) is 13.8 Å². The first kappa shape index (κ1) is 15.0. The highest BCUT2D eigenvalue weighted by Crippen LogP contribution is 2.27. The van der Waals surface area contributed by atoms with Crippen LogP contribution in [0.25, 0.3) is 10.9 Å². The van der Waals surface area contributed by atoms with Crippen molar-refractivity contribution in [2.24, 2.45) is 0 Å².